The Hall–Kier alpha value is -7.31. The number of carbonyl (C=O) groups is 8. The first-order valence-electron chi connectivity index (χ1n) is 26.5. The van der Waals surface area contributed by atoms with Crippen LogP contribution >= 0.6 is 0 Å². The van der Waals surface area contributed by atoms with Crippen LogP contribution in [0, 0.1) is 11.8 Å². The van der Waals surface area contributed by atoms with Gasteiger partial charge in [0.05, 0.1) is 23.6 Å². The Labute approximate surface area is 436 Å². The van der Waals surface area contributed by atoms with E-state index in [4.69, 9.17) is 10.5 Å². The molecule has 3 aliphatic heterocycles. The van der Waals surface area contributed by atoms with E-state index in [0.717, 1.165) is 54.3 Å². The highest BCUT2D eigenvalue weighted by Gasteiger charge is 2.46. The summed E-state index contributed by atoms with van der Waals surface area (Å²) in [5.74, 6) is -2.50. The third kappa shape index (κ3) is 13.1. The number of hydrogen-bond donors (Lipinski definition) is 5. The molecule has 6 N–H and O–H groups in total. The van der Waals surface area contributed by atoms with Crippen molar-refractivity contribution in [1.29, 1.82) is 0 Å². The van der Waals surface area contributed by atoms with Gasteiger partial charge >= 0.3 is 11.8 Å². The SMILES string of the molecule is Cn1c(=O)n(C2CCC(=O)NC2=O)c2ccc(CC3CCC(CCC(=O)N4CC[C@H]5CC[C@@H](C(=O)N[C@@H](CCC(N)=O)C(=O)NC(c6ccccc6)c6ccccc6)N5C(=O)[C@@H](NC(=O)OC(C)(C)C)C4)CC3)cc21. The summed E-state index contributed by atoms with van der Waals surface area (Å²) in [6.07, 6.45) is 6.03. The number of alkyl carbamates (subject to hydrolysis) is 1. The van der Waals surface area contributed by atoms with Gasteiger partial charge in [0.15, 0.2) is 0 Å². The monoisotopic (exact) mass is 1030 g/mol. The number of imidazole rings is 1. The van der Waals surface area contributed by atoms with Crippen LogP contribution in [0.25, 0.3) is 11.0 Å². The van der Waals surface area contributed by atoms with Gasteiger partial charge in [0.25, 0.3) is 0 Å². The Kier molecular flexibility index (Phi) is 16.9. The van der Waals surface area contributed by atoms with Crippen LogP contribution in [0.3, 0.4) is 0 Å². The number of aromatic nitrogens is 2. The van der Waals surface area contributed by atoms with Crippen molar-refractivity contribution in [3.05, 3.63) is 106 Å². The zero-order valence-corrected chi connectivity index (χ0v) is 43.4. The second-order valence-corrected chi connectivity index (χ2v) is 21.8. The number of primary amides is 1. The predicted molar refractivity (Wildman–Crippen MR) is 278 cm³/mol. The van der Waals surface area contributed by atoms with Crippen LogP contribution in [0.4, 0.5) is 4.79 Å². The molecule has 75 heavy (non-hydrogen) atoms. The quantitative estimate of drug-likeness (QED) is 0.0977. The number of hydrogen-bond acceptors (Lipinski definition) is 10. The van der Waals surface area contributed by atoms with E-state index in [1.807, 2.05) is 78.9 Å². The zero-order chi connectivity index (χ0) is 53.6. The Morgan fingerprint density at radius 2 is 1.45 bits per heavy atom. The fourth-order valence-electron chi connectivity index (χ4n) is 11.4. The molecule has 1 aliphatic carbocycles. The average Bonchev–Trinajstić information content (AvgIpc) is 3.92. The van der Waals surface area contributed by atoms with Crippen molar-refractivity contribution < 1.29 is 43.1 Å². The van der Waals surface area contributed by atoms with E-state index in [9.17, 15) is 43.2 Å². The number of aryl methyl sites for hydroxylation is 1. The van der Waals surface area contributed by atoms with Crippen LogP contribution in [0.5, 0.6) is 0 Å². The number of nitrogens with two attached hydrogens (primary N) is 1. The minimum atomic E-state index is -1.24. The number of benzene rings is 3. The van der Waals surface area contributed by atoms with E-state index in [1.165, 1.54) is 9.47 Å². The summed E-state index contributed by atoms with van der Waals surface area (Å²) >= 11 is 0. The molecular weight excluding hydrogens is 959 g/mol. The number of imide groups is 1. The standard InChI is InChI=1S/C56H71N9O10/c1-56(2,3)75-54(73)59-41-33-63(48(68)28-20-34-15-17-35(18-16-34)31-36-19-23-42-45(32-36)62(4)55(74)65(42)44-25-27-47(67)60-52(44)71)30-29-39-21-24-43(64(39)53(41)72)51(70)58-40(22-26-46(57)66)50(69)61-49(37-11-7-5-8-12-37)38-13-9-6-10-14-38/h5-14,19,23,32,34-35,39-41,43-44,49H,15-18,20-22,24-31,33H2,1-4H3,(H2,57,66)(H,58,70)(H,59,73)(H,61,69)(H,60,67,71)/t34?,35?,39-,40+,41+,43+,44?/m1/s1. The van der Waals surface area contributed by atoms with Gasteiger partial charge in [0.2, 0.25) is 41.4 Å². The Morgan fingerprint density at radius 1 is 0.787 bits per heavy atom. The highest BCUT2D eigenvalue weighted by atomic mass is 16.6. The predicted octanol–water partition coefficient (Wildman–Crippen LogP) is 4.59. The van der Waals surface area contributed by atoms with Gasteiger partial charge in [0, 0.05) is 38.9 Å². The average molecular weight is 1030 g/mol. The molecule has 5 atom stereocenters. The van der Waals surface area contributed by atoms with E-state index >= 15 is 0 Å². The molecule has 1 unspecified atom stereocenters. The Morgan fingerprint density at radius 3 is 2.09 bits per heavy atom. The summed E-state index contributed by atoms with van der Waals surface area (Å²) in [6, 6.07) is 19.5. The lowest BCUT2D eigenvalue weighted by Gasteiger charge is -2.39. The van der Waals surface area contributed by atoms with Crippen molar-refractivity contribution in [3.8, 4) is 0 Å². The van der Waals surface area contributed by atoms with Gasteiger partial charge in [-0.1, -0.05) is 79.6 Å². The van der Waals surface area contributed by atoms with Crippen molar-refractivity contribution in [2.45, 2.75) is 153 Å². The Bertz CT molecular complexity index is 2790. The highest BCUT2D eigenvalue weighted by Crippen LogP contribution is 2.35. The third-order valence-electron chi connectivity index (χ3n) is 15.3. The number of piperidine rings is 1. The molecule has 4 heterocycles. The maximum absolute atomic E-state index is 14.8. The molecule has 0 bridgehead atoms. The molecule has 8 amide bonds. The van der Waals surface area contributed by atoms with Gasteiger partial charge in [-0.05, 0) is 119 Å². The molecule has 1 saturated carbocycles. The summed E-state index contributed by atoms with van der Waals surface area (Å²) in [5, 5.41) is 11.0. The zero-order valence-electron chi connectivity index (χ0n) is 43.4. The first kappa shape index (κ1) is 54.0. The minimum Gasteiger partial charge on any atom is -0.444 e. The fraction of sp³-hybridized carbons (Fsp3) is 0.518. The molecule has 8 rings (SSSR count). The van der Waals surface area contributed by atoms with E-state index in [-0.39, 0.29) is 69.1 Å². The molecule has 0 spiro atoms. The van der Waals surface area contributed by atoms with Crippen molar-refractivity contribution in [1.82, 2.24) is 40.2 Å². The summed E-state index contributed by atoms with van der Waals surface area (Å²) < 4.78 is 8.62. The van der Waals surface area contributed by atoms with E-state index in [1.54, 1.807) is 37.3 Å². The van der Waals surface area contributed by atoms with Crippen molar-refractivity contribution >= 4 is 58.5 Å². The fourth-order valence-corrected chi connectivity index (χ4v) is 11.4. The smallest absolute Gasteiger partial charge is 0.408 e. The Balaban J connectivity index is 0.896. The van der Waals surface area contributed by atoms with E-state index in [2.05, 4.69) is 21.3 Å². The number of carbonyl (C=O) groups excluding carboxylic acids is 8. The molecule has 0 radical (unpaired) electrons. The highest BCUT2D eigenvalue weighted by molar-refractivity contribution is 6.00. The van der Waals surface area contributed by atoms with Crippen molar-refractivity contribution in [3.63, 3.8) is 0 Å². The molecule has 4 aliphatic rings. The lowest BCUT2D eigenvalue weighted by molar-refractivity contribution is -0.146. The summed E-state index contributed by atoms with van der Waals surface area (Å²) in [6.45, 7) is 5.27. The normalized spacial score (nSPS) is 22.7. The number of ether oxygens (including phenoxy) is 1. The van der Waals surface area contributed by atoms with E-state index in [0.29, 0.717) is 36.6 Å². The van der Waals surface area contributed by atoms with Crippen LogP contribution in [0.1, 0.15) is 133 Å². The molecular formula is C56H71N9O10. The molecule has 19 nitrogen and oxygen atoms in total. The second-order valence-electron chi connectivity index (χ2n) is 21.8. The largest absolute Gasteiger partial charge is 0.444 e. The van der Waals surface area contributed by atoms with E-state index < -0.39 is 77.5 Å². The maximum Gasteiger partial charge on any atom is 0.408 e. The summed E-state index contributed by atoms with van der Waals surface area (Å²) in [5.41, 5.74) is 8.44. The van der Waals surface area contributed by atoms with Crippen LogP contribution in [-0.2, 0) is 51.8 Å². The first-order valence-corrected chi connectivity index (χ1v) is 26.5. The number of fused-ring (bicyclic) bond motifs is 2. The van der Waals surface area contributed by atoms with Crippen LogP contribution in [-0.4, -0.2) is 109 Å². The maximum atomic E-state index is 14.8. The lowest BCUT2D eigenvalue weighted by Crippen LogP contribution is -2.62. The van der Waals surface area contributed by atoms with Gasteiger partial charge in [-0.2, -0.15) is 0 Å². The third-order valence-corrected chi connectivity index (χ3v) is 15.3. The number of rotatable bonds is 16. The number of amides is 8. The van der Waals surface area contributed by atoms with Crippen LogP contribution in [0.15, 0.2) is 83.7 Å². The summed E-state index contributed by atoms with van der Waals surface area (Å²) in [7, 11) is 1.69. The summed E-state index contributed by atoms with van der Waals surface area (Å²) in [4.78, 5) is 124. The molecule has 3 saturated heterocycles. The van der Waals surface area contributed by atoms with Crippen LogP contribution < -0.4 is 32.7 Å². The van der Waals surface area contributed by atoms with Crippen LogP contribution in [0.2, 0.25) is 0 Å². The molecule has 19 heteroatoms. The second kappa shape index (κ2) is 23.5. The molecule has 4 fully saturated rings. The molecule has 400 valence electrons. The van der Waals surface area contributed by atoms with Gasteiger partial charge in [0.1, 0.15) is 29.8 Å². The molecule has 4 aromatic rings. The lowest BCUT2D eigenvalue weighted by atomic mass is 9.77. The molecule has 1 aromatic heterocycles. The van der Waals surface area contributed by atoms with Gasteiger partial charge in [-0.15, -0.1) is 0 Å². The topological polar surface area (TPSA) is 253 Å². The first-order chi connectivity index (χ1) is 35.8. The van der Waals surface area contributed by atoms with Crippen molar-refractivity contribution in [2.75, 3.05) is 13.1 Å². The minimum absolute atomic E-state index is 0.0814. The van der Waals surface area contributed by atoms with Gasteiger partial charge < -0.3 is 36.2 Å². The molecule has 3 aromatic carbocycles. The number of nitrogens with one attached hydrogen (secondary N) is 4. The van der Waals surface area contributed by atoms with Gasteiger partial charge in [-0.3, -0.25) is 48.0 Å². The number of nitrogens with zero attached hydrogens (tertiary/aromatic N) is 4. The van der Waals surface area contributed by atoms with Crippen molar-refractivity contribution in [2.24, 2.45) is 24.6 Å². The van der Waals surface area contributed by atoms with Gasteiger partial charge in [-0.25, -0.2) is 9.59 Å².